The zero-order valence-electron chi connectivity index (χ0n) is 16.2. The molecule has 1 amide bonds. The Morgan fingerprint density at radius 2 is 1.93 bits per heavy atom. The van der Waals surface area contributed by atoms with Crippen molar-refractivity contribution in [2.45, 2.75) is 13.5 Å². The lowest BCUT2D eigenvalue weighted by Crippen LogP contribution is -2.21. The molecule has 0 fully saturated rings. The number of rotatable bonds is 8. The van der Waals surface area contributed by atoms with Gasteiger partial charge in [0.15, 0.2) is 0 Å². The van der Waals surface area contributed by atoms with Crippen LogP contribution in [-0.4, -0.2) is 22.5 Å². The molecule has 0 aliphatic carbocycles. The molecule has 4 rings (SSSR count). The summed E-state index contributed by atoms with van der Waals surface area (Å²) in [6.45, 7) is 2.93. The summed E-state index contributed by atoms with van der Waals surface area (Å²) in [6, 6.07) is 15.0. The second kappa shape index (κ2) is 9.51. The zero-order chi connectivity index (χ0) is 20.8. The number of hydrogen-bond acceptors (Lipinski definition) is 7. The number of ether oxygens (including phenoxy) is 2. The maximum absolute atomic E-state index is 12.5. The van der Waals surface area contributed by atoms with E-state index in [0.717, 1.165) is 21.2 Å². The number of carbonyl (C=O) groups excluding carboxylic acids is 1. The summed E-state index contributed by atoms with van der Waals surface area (Å²) in [4.78, 5) is 22.7. The lowest BCUT2D eigenvalue weighted by atomic mass is 10.2. The molecule has 0 bridgehead atoms. The standard InChI is InChI=1S/C22H19N3O3S2/c1-2-27-16-5-7-17(8-6-16)28-20-12-15(9-10-23-20)13-24-21(26)19-14-25-22(30-19)18-4-3-11-29-18/h3-12,14H,2,13H2,1H3,(H,24,26). The Morgan fingerprint density at radius 3 is 2.70 bits per heavy atom. The number of pyridine rings is 1. The first-order valence-electron chi connectivity index (χ1n) is 9.35. The molecular formula is C22H19N3O3S2. The van der Waals surface area contributed by atoms with Gasteiger partial charge in [-0.3, -0.25) is 4.79 Å². The predicted octanol–water partition coefficient (Wildman–Crippen LogP) is 5.39. The summed E-state index contributed by atoms with van der Waals surface area (Å²) in [5.41, 5.74) is 0.891. The van der Waals surface area contributed by atoms with Gasteiger partial charge in [0.1, 0.15) is 21.4 Å². The third-order valence-corrected chi connectivity index (χ3v) is 6.11. The van der Waals surface area contributed by atoms with Crippen LogP contribution in [0, 0.1) is 0 Å². The molecule has 6 nitrogen and oxygen atoms in total. The number of nitrogens with zero attached hydrogens (tertiary/aromatic N) is 2. The van der Waals surface area contributed by atoms with Gasteiger partial charge < -0.3 is 14.8 Å². The average molecular weight is 438 g/mol. The number of amides is 1. The van der Waals surface area contributed by atoms with Crippen LogP contribution >= 0.6 is 22.7 Å². The largest absolute Gasteiger partial charge is 0.494 e. The molecule has 0 aliphatic rings. The number of nitrogens with one attached hydrogen (secondary N) is 1. The van der Waals surface area contributed by atoms with Crippen LogP contribution in [0.2, 0.25) is 0 Å². The highest BCUT2D eigenvalue weighted by Crippen LogP contribution is 2.29. The Kier molecular flexibility index (Phi) is 6.36. The Labute approximate surface area is 182 Å². The maximum Gasteiger partial charge on any atom is 0.263 e. The molecule has 0 aliphatic heterocycles. The molecule has 1 aromatic carbocycles. The maximum atomic E-state index is 12.5. The van der Waals surface area contributed by atoms with Gasteiger partial charge in [-0.15, -0.1) is 22.7 Å². The van der Waals surface area contributed by atoms with Gasteiger partial charge in [-0.1, -0.05) is 6.07 Å². The second-order valence-corrected chi connectivity index (χ2v) is 8.18. The van der Waals surface area contributed by atoms with E-state index in [2.05, 4.69) is 15.3 Å². The van der Waals surface area contributed by atoms with Gasteiger partial charge in [-0.25, -0.2) is 9.97 Å². The van der Waals surface area contributed by atoms with Crippen molar-refractivity contribution in [1.29, 1.82) is 0 Å². The quantitative estimate of drug-likeness (QED) is 0.400. The van der Waals surface area contributed by atoms with Gasteiger partial charge in [0.2, 0.25) is 5.88 Å². The van der Waals surface area contributed by atoms with Gasteiger partial charge in [-0.2, -0.15) is 0 Å². The van der Waals surface area contributed by atoms with Crippen LogP contribution in [0.4, 0.5) is 0 Å². The number of thiazole rings is 1. The fraction of sp³-hybridized carbons (Fsp3) is 0.136. The van der Waals surface area contributed by atoms with E-state index in [1.54, 1.807) is 29.8 Å². The van der Waals surface area contributed by atoms with Gasteiger partial charge in [0.25, 0.3) is 5.91 Å². The van der Waals surface area contributed by atoms with Crippen LogP contribution in [0.5, 0.6) is 17.4 Å². The van der Waals surface area contributed by atoms with Crippen LogP contribution in [0.15, 0.2) is 66.3 Å². The fourth-order valence-corrected chi connectivity index (χ4v) is 4.31. The van der Waals surface area contributed by atoms with Crippen molar-refractivity contribution in [3.05, 3.63) is 76.7 Å². The normalized spacial score (nSPS) is 10.6. The van der Waals surface area contributed by atoms with Gasteiger partial charge in [0, 0.05) is 18.8 Å². The lowest BCUT2D eigenvalue weighted by Gasteiger charge is -2.08. The number of hydrogen-bond donors (Lipinski definition) is 1. The summed E-state index contributed by atoms with van der Waals surface area (Å²) in [6.07, 6.45) is 3.27. The minimum atomic E-state index is -0.152. The number of carbonyl (C=O) groups is 1. The summed E-state index contributed by atoms with van der Waals surface area (Å²) in [5.74, 6) is 1.77. The molecule has 152 valence electrons. The van der Waals surface area contributed by atoms with Crippen molar-refractivity contribution in [2.75, 3.05) is 6.61 Å². The summed E-state index contributed by atoms with van der Waals surface area (Å²) >= 11 is 2.99. The molecule has 8 heteroatoms. The molecular weight excluding hydrogens is 418 g/mol. The Balaban J connectivity index is 1.35. The Hall–Kier alpha value is -3.23. The van der Waals surface area contributed by atoms with Crippen molar-refractivity contribution in [3.8, 4) is 27.3 Å². The van der Waals surface area contributed by atoms with Crippen molar-refractivity contribution in [3.63, 3.8) is 0 Å². The first-order chi connectivity index (χ1) is 14.7. The van der Waals surface area contributed by atoms with E-state index in [0.29, 0.717) is 29.7 Å². The van der Waals surface area contributed by atoms with E-state index in [1.807, 2.05) is 54.8 Å². The van der Waals surface area contributed by atoms with Crippen molar-refractivity contribution in [1.82, 2.24) is 15.3 Å². The fourth-order valence-electron chi connectivity index (χ4n) is 2.67. The first kappa shape index (κ1) is 20.1. The first-order valence-corrected chi connectivity index (χ1v) is 11.0. The molecule has 0 unspecified atom stereocenters. The van der Waals surface area contributed by atoms with Crippen molar-refractivity contribution in [2.24, 2.45) is 0 Å². The van der Waals surface area contributed by atoms with E-state index >= 15 is 0 Å². The molecule has 3 aromatic heterocycles. The summed E-state index contributed by atoms with van der Waals surface area (Å²) in [5, 5.41) is 5.77. The van der Waals surface area contributed by atoms with Crippen LogP contribution < -0.4 is 14.8 Å². The highest BCUT2D eigenvalue weighted by molar-refractivity contribution is 7.21. The van der Waals surface area contributed by atoms with Gasteiger partial charge >= 0.3 is 0 Å². The highest BCUT2D eigenvalue weighted by Gasteiger charge is 2.12. The average Bonchev–Trinajstić information content (AvgIpc) is 3.46. The third kappa shape index (κ3) is 5.03. The third-order valence-electron chi connectivity index (χ3n) is 4.07. The van der Waals surface area contributed by atoms with E-state index in [9.17, 15) is 4.79 Å². The van der Waals surface area contributed by atoms with Crippen LogP contribution in [0.1, 0.15) is 22.2 Å². The molecule has 1 N–H and O–H groups in total. The van der Waals surface area contributed by atoms with Crippen LogP contribution in [-0.2, 0) is 6.54 Å². The monoisotopic (exact) mass is 437 g/mol. The Morgan fingerprint density at radius 1 is 1.10 bits per heavy atom. The van der Waals surface area contributed by atoms with Crippen LogP contribution in [0.25, 0.3) is 9.88 Å². The molecule has 4 aromatic rings. The summed E-state index contributed by atoms with van der Waals surface area (Å²) in [7, 11) is 0. The van der Waals surface area contributed by atoms with Crippen LogP contribution in [0.3, 0.4) is 0 Å². The second-order valence-electron chi connectivity index (χ2n) is 6.20. The van der Waals surface area contributed by atoms with E-state index in [-0.39, 0.29) is 5.91 Å². The van der Waals surface area contributed by atoms with E-state index < -0.39 is 0 Å². The lowest BCUT2D eigenvalue weighted by molar-refractivity contribution is 0.0954. The Bertz CT molecular complexity index is 1110. The van der Waals surface area contributed by atoms with E-state index in [4.69, 9.17) is 9.47 Å². The van der Waals surface area contributed by atoms with E-state index in [1.165, 1.54) is 11.3 Å². The minimum absolute atomic E-state index is 0.152. The number of thiophene rings is 1. The van der Waals surface area contributed by atoms with Gasteiger partial charge in [-0.05, 0) is 54.3 Å². The summed E-state index contributed by atoms with van der Waals surface area (Å²) < 4.78 is 11.2. The zero-order valence-corrected chi connectivity index (χ0v) is 17.8. The molecule has 0 radical (unpaired) electrons. The number of aromatic nitrogens is 2. The van der Waals surface area contributed by atoms with Crippen molar-refractivity contribution >= 4 is 28.6 Å². The number of benzene rings is 1. The predicted molar refractivity (Wildman–Crippen MR) is 119 cm³/mol. The van der Waals surface area contributed by atoms with Gasteiger partial charge in [0.05, 0.1) is 17.7 Å². The molecule has 0 saturated heterocycles. The molecule has 0 atom stereocenters. The topological polar surface area (TPSA) is 73.3 Å². The molecule has 3 heterocycles. The molecule has 0 spiro atoms. The SMILES string of the molecule is CCOc1ccc(Oc2cc(CNC(=O)c3cnc(-c4cccs4)s3)ccn2)cc1. The molecule has 0 saturated carbocycles. The highest BCUT2D eigenvalue weighted by atomic mass is 32.1. The van der Waals surface area contributed by atoms with Crippen molar-refractivity contribution < 1.29 is 14.3 Å². The smallest absolute Gasteiger partial charge is 0.263 e. The minimum Gasteiger partial charge on any atom is -0.494 e. The molecule has 30 heavy (non-hydrogen) atoms.